The highest BCUT2D eigenvalue weighted by Gasteiger charge is 2.10. The molecule has 0 saturated carbocycles. The fourth-order valence-electron chi connectivity index (χ4n) is 1.62. The van der Waals surface area contributed by atoms with Crippen molar-refractivity contribution < 1.29 is 18.7 Å². The van der Waals surface area contributed by atoms with Gasteiger partial charge in [0.15, 0.2) is 0 Å². The molecule has 2 heterocycles. The van der Waals surface area contributed by atoms with E-state index in [1.54, 1.807) is 0 Å². The first-order chi connectivity index (χ1) is 10.0. The molecule has 0 bridgehead atoms. The number of amides is 1. The second-order valence-corrected chi connectivity index (χ2v) is 4.20. The largest absolute Gasteiger partial charge is 0.506 e. The normalized spacial score (nSPS) is 10.6. The van der Waals surface area contributed by atoms with Gasteiger partial charge in [-0.05, 0) is 17.7 Å². The summed E-state index contributed by atoms with van der Waals surface area (Å²) < 4.78 is 24.9. The number of halogens is 2. The standard InChI is InChI=1S/C13H12F2N4O2/c14-13(15)10-1-2-17-11(19-10)7-18-12(21)4-8-3-9(20)6-16-5-8/h1-3,5-6,13,20H,4,7H2,(H,18,21). The van der Waals surface area contributed by atoms with Crippen LogP contribution in [0.15, 0.2) is 30.7 Å². The van der Waals surface area contributed by atoms with E-state index in [0.29, 0.717) is 5.56 Å². The molecule has 0 aliphatic carbocycles. The first-order valence-corrected chi connectivity index (χ1v) is 6.04. The van der Waals surface area contributed by atoms with E-state index in [1.807, 2.05) is 0 Å². The van der Waals surface area contributed by atoms with Gasteiger partial charge in [-0.3, -0.25) is 9.78 Å². The lowest BCUT2D eigenvalue weighted by atomic mass is 10.2. The van der Waals surface area contributed by atoms with Crippen LogP contribution in [0.2, 0.25) is 0 Å². The molecule has 0 saturated heterocycles. The molecule has 0 spiro atoms. The van der Waals surface area contributed by atoms with Crippen molar-refractivity contribution in [1.82, 2.24) is 20.3 Å². The van der Waals surface area contributed by atoms with E-state index in [-0.39, 0.29) is 36.1 Å². The van der Waals surface area contributed by atoms with Crippen LogP contribution in [0.3, 0.4) is 0 Å². The van der Waals surface area contributed by atoms with Crippen molar-refractivity contribution in [2.75, 3.05) is 0 Å². The number of carbonyl (C=O) groups is 1. The summed E-state index contributed by atoms with van der Waals surface area (Å²) in [4.78, 5) is 22.9. The minimum atomic E-state index is -2.68. The minimum Gasteiger partial charge on any atom is -0.506 e. The van der Waals surface area contributed by atoms with Crippen LogP contribution in [0.1, 0.15) is 23.5 Å². The Hall–Kier alpha value is -2.64. The molecule has 0 aliphatic heterocycles. The average molecular weight is 294 g/mol. The second kappa shape index (κ2) is 6.69. The maximum absolute atomic E-state index is 12.5. The quantitative estimate of drug-likeness (QED) is 0.869. The summed E-state index contributed by atoms with van der Waals surface area (Å²) in [6, 6.07) is 2.54. The molecular formula is C13H12F2N4O2. The Bertz CT molecular complexity index is 637. The van der Waals surface area contributed by atoms with E-state index in [2.05, 4.69) is 20.3 Å². The highest BCUT2D eigenvalue weighted by molar-refractivity contribution is 5.78. The molecule has 0 unspecified atom stereocenters. The number of alkyl halides is 2. The van der Waals surface area contributed by atoms with Crippen LogP contribution >= 0.6 is 0 Å². The average Bonchev–Trinajstić information content (AvgIpc) is 2.45. The van der Waals surface area contributed by atoms with Gasteiger partial charge in [0.25, 0.3) is 6.43 Å². The molecule has 2 aromatic rings. The van der Waals surface area contributed by atoms with E-state index >= 15 is 0 Å². The van der Waals surface area contributed by atoms with E-state index in [9.17, 15) is 18.7 Å². The molecule has 2 aromatic heterocycles. The monoisotopic (exact) mass is 294 g/mol. The van der Waals surface area contributed by atoms with Crippen molar-refractivity contribution in [3.8, 4) is 5.75 Å². The summed E-state index contributed by atoms with van der Waals surface area (Å²) in [5.74, 6) is -0.281. The number of nitrogens with one attached hydrogen (secondary N) is 1. The Morgan fingerprint density at radius 3 is 2.90 bits per heavy atom. The summed E-state index contributed by atoms with van der Waals surface area (Å²) in [7, 11) is 0. The van der Waals surface area contributed by atoms with Crippen LogP contribution in [0.4, 0.5) is 8.78 Å². The Morgan fingerprint density at radius 2 is 2.19 bits per heavy atom. The van der Waals surface area contributed by atoms with Gasteiger partial charge in [-0.1, -0.05) is 0 Å². The van der Waals surface area contributed by atoms with Gasteiger partial charge in [0.05, 0.1) is 19.2 Å². The lowest BCUT2D eigenvalue weighted by Gasteiger charge is -2.06. The van der Waals surface area contributed by atoms with Gasteiger partial charge in [0.2, 0.25) is 5.91 Å². The fourth-order valence-corrected chi connectivity index (χ4v) is 1.62. The van der Waals surface area contributed by atoms with Crippen molar-refractivity contribution in [2.24, 2.45) is 0 Å². The number of pyridine rings is 1. The SMILES string of the molecule is O=C(Cc1cncc(O)c1)NCc1nccc(C(F)F)n1. The second-order valence-electron chi connectivity index (χ2n) is 4.20. The number of hydrogen-bond donors (Lipinski definition) is 2. The first kappa shape index (κ1) is 14.8. The highest BCUT2D eigenvalue weighted by Crippen LogP contribution is 2.15. The van der Waals surface area contributed by atoms with Gasteiger partial charge in [-0.2, -0.15) is 0 Å². The molecule has 8 heteroatoms. The summed E-state index contributed by atoms with van der Waals surface area (Å²) in [6.07, 6.45) is 1.25. The third kappa shape index (κ3) is 4.44. The number of aromatic nitrogens is 3. The van der Waals surface area contributed by atoms with Crippen LogP contribution < -0.4 is 5.32 Å². The van der Waals surface area contributed by atoms with Crippen LogP contribution in [0.5, 0.6) is 5.75 Å². The fraction of sp³-hybridized carbons (Fsp3) is 0.231. The van der Waals surface area contributed by atoms with Gasteiger partial charge in [-0.25, -0.2) is 18.7 Å². The van der Waals surface area contributed by atoms with Crippen molar-refractivity contribution >= 4 is 5.91 Å². The molecule has 21 heavy (non-hydrogen) atoms. The third-order valence-corrected chi connectivity index (χ3v) is 2.54. The molecule has 0 atom stereocenters. The number of hydrogen-bond acceptors (Lipinski definition) is 5. The van der Waals surface area contributed by atoms with E-state index < -0.39 is 6.43 Å². The minimum absolute atomic E-state index is 0.00986. The zero-order chi connectivity index (χ0) is 15.2. The summed E-state index contributed by atoms with van der Waals surface area (Å²) in [5, 5.41) is 11.7. The number of carbonyl (C=O) groups excluding carboxylic acids is 1. The molecular weight excluding hydrogens is 282 g/mol. The number of rotatable bonds is 5. The van der Waals surface area contributed by atoms with Crippen molar-refractivity contribution in [3.63, 3.8) is 0 Å². The van der Waals surface area contributed by atoms with Gasteiger partial charge in [-0.15, -0.1) is 0 Å². The molecule has 2 rings (SSSR count). The first-order valence-electron chi connectivity index (χ1n) is 6.04. The maximum atomic E-state index is 12.5. The van der Waals surface area contributed by atoms with Crippen molar-refractivity contribution in [2.45, 2.75) is 19.4 Å². The Morgan fingerprint density at radius 1 is 1.38 bits per heavy atom. The lowest BCUT2D eigenvalue weighted by Crippen LogP contribution is -2.25. The zero-order valence-corrected chi connectivity index (χ0v) is 10.8. The predicted octanol–water partition coefficient (Wildman–Crippen LogP) is 1.37. The molecule has 1 amide bonds. The number of nitrogens with zero attached hydrogens (tertiary/aromatic N) is 3. The van der Waals surface area contributed by atoms with Crippen LogP contribution in [0, 0.1) is 0 Å². The number of aromatic hydroxyl groups is 1. The molecule has 0 radical (unpaired) electrons. The Kier molecular flexibility index (Phi) is 4.70. The summed E-state index contributed by atoms with van der Waals surface area (Å²) in [6.45, 7) is -0.0500. The molecule has 110 valence electrons. The third-order valence-electron chi connectivity index (χ3n) is 2.54. The predicted molar refractivity (Wildman–Crippen MR) is 68.4 cm³/mol. The van der Waals surface area contributed by atoms with Crippen molar-refractivity contribution in [1.29, 1.82) is 0 Å². The smallest absolute Gasteiger partial charge is 0.280 e. The van der Waals surface area contributed by atoms with Gasteiger partial charge >= 0.3 is 0 Å². The Labute approximate surface area is 118 Å². The summed E-state index contributed by atoms with van der Waals surface area (Å²) >= 11 is 0. The van der Waals surface area contributed by atoms with E-state index in [1.165, 1.54) is 24.7 Å². The molecule has 0 fully saturated rings. The van der Waals surface area contributed by atoms with Crippen LogP contribution in [-0.4, -0.2) is 26.0 Å². The highest BCUT2D eigenvalue weighted by atomic mass is 19.3. The Balaban J connectivity index is 1.90. The summed E-state index contributed by atoms with van der Waals surface area (Å²) in [5.41, 5.74) is 0.154. The van der Waals surface area contributed by atoms with Gasteiger partial charge in [0.1, 0.15) is 17.3 Å². The lowest BCUT2D eigenvalue weighted by molar-refractivity contribution is -0.120. The topological polar surface area (TPSA) is 88.0 Å². The van der Waals surface area contributed by atoms with Crippen LogP contribution in [0.25, 0.3) is 0 Å². The van der Waals surface area contributed by atoms with Crippen LogP contribution in [-0.2, 0) is 17.8 Å². The van der Waals surface area contributed by atoms with E-state index in [4.69, 9.17) is 0 Å². The van der Waals surface area contributed by atoms with Crippen molar-refractivity contribution in [3.05, 3.63) is 47.8 Å². The van der Waals surface area contributed by atoms with E-state index in [0.717, 1.165) is 6.07 Å². The molecule has 6 nitrogen and oxygen atoms in total. The van der Waals surface area contributed by atoms with Gasteiger partial charge < -0.3 is 10.4 Å². The molecule has 0 aromatic carbocycles. The zero-order valence-electron chi connectivity index (χ0n) is 10.8. The molecule has 2 N–H and O–H groups in total. The molecule has 0 aliphatic rings. The van der Waals surface area contributed by atoms with Gasteiger partial charge in [0, 0.05) is 12.4 Å². The maximum Gasteiger partial charge on any atom is 0.280 e.